The summed E-state index contributed by atoms with van der Waals surface area (Å²) < 4.78 is 0. The maximum Gasteiger partial charge on any atom is 0.0460 e. The Morgan fingerprint density at radius 2 is 2.14 bits per heavy atom. The minimum Gasteiger partial charge on any atom is -0.396 e. The van der Waals surface area contributed by atoms with E-state index in [0.717, 1.165) is 13.0 Å². The minimum atomic E-state index is 0.292. The molecular formula is C12H25NO. The van der Waals surface area contributed by atoms with Gasteiger partial charge in [0.05, 0.1) is 0 Å². The smallest absolute Gasteiger partial charge is 0.0460 e. The Labute approximate surface area is 88.3 Å². The van der Waals surface area contributed by atoms with E-state index in [1.807, 2.05) is 0 Å². The molecule has 1 aliphatic rings. The molecule has 1 heterocycles. The standard InChI is InChI=1S/C12H25NO/c1-4-5-7-13-8-6-11(10-14)9-12(13,2)3/h11,14H,4-10H2,1-3H3. The molecular weight excluding hydrogens is 174 g/mol. The van der Waals surface area contributed by atoms with Crippen LogP contribution in [0.4, 0.5) is 0 Å². The van der Waals surface area contributed by atoms with Gasteiger partial charge in [0.25, 0.3) is 0 Å². The van der Waals surface area contributed by atoms with Crippen LogP contribution in [0.25, 0.3) is 0 Å². The van der Waals surface area contributed by atoms with Crippen LogP contribution in [0.1, 0.15) is 46.5 Å². The second kappa shape index (κ2) is 5.13. The largest absolute Gasteiger partial charge is 0.396 e. The fraction of sp³-hybridized carbons (Fsp3) is 1.00. The van der Waals surface area contributed by atoms with E-state index in [2.05, 4.69) is 25.7 Å². The molecule has 1 N–H and O–H groups in total. The van der Waals surface area contributed by atoms with E-state index in [4.69, 9.17) is 5.11 Å². The highest BCUT2D eigenvalue weighted by Crippen LogP contribution is 2.31. The average molecular weight is 199 g/mol. The van der Waals surface area contributed by atoms with Gasteiger partial charge >= 0.3 is 0 Å². The number of piperidine rings is 1. The van der Waals surface area contributed by atoms with Crippen molar-refractivity contribution in [1.82, 2.24) is 4.90 Å². The average Bonchev–Trinajstić information content (AvgIpc) is 2.15. The molecule has 1 aliphatic heterocycles. The lowest BCUT2D eigenvalue weighted by Gasteiger charge is -2.45. The fourth-order valence-electron chi connectivity index (χ4n) is 2.50. The van der Waals surface area contributed by atoms with Crippen LogP contribution < -0.4 is 0 Å². The van der Waals surface area contributed by atoms with Crippen molar-refractivity contribution < 1.29 is 5.11 Å². The topological polar surface area (TPSA) is 23.5 Å². The molecule has 1 atom stereocenters. The van der Waals surface area contributed by atoms with Crippen molar-refractivity contribution in [1.29, 1.82) is 0 Å². The Bertz CT molecular complexity index is 168. The number of hydrogen-bond donors (Lipinski definition) is 1. The minimum absolute atomic E-state index is 0.292. The maximum atomic E-state index is 9.17. The van der Waals surface area contributed by atoms with Gasteiger partial charge in [-0.2, -0.15) is 0 Å². The first-order valence-electron chi connectivity index (χ1n) is 5.96. The number of rotatable bonds is 4. The van der Waals surface area contributed by atoms with Crippen molar-refractivity contribution in [2.45, 2.75) is 52.0 Å². The van der Waals surface area contributed by atoms with E-state index >= 15 is 0 Å². The summed E-state index contributed by atoms with van der Waals surface area (Å²) >= 11 is 0. The van der Waals surface area contributed by atoms with Crippen molar-refractivity contribution in [2.24, 2.45) is 5.92 Å². The van der Waals surface area contributed by atoms with Crippen LogP contribution in [0.15, 0.2) is 0 Å². The van der Waals surface area contributed by atoms with E-state index in [9.17, 15) is 0 Å². The van der Waals surface area contributed by atoms with Crippen LogP contribution in [0, 0.1) is 5.92 Å². The summed E-state index contributed by atoms with van der Waals surface area (Å²) in [6.07, 6.45) is 4.89. The molecule has 0 aromatic rings. The fourth-order valence-corrected chi connectivity index (χ4v) is 2.50. The number of aliphatic hydroxyl groups excluding tert-OH is 1. The number of aliphatic hydroxyl groups is 1. The second-order valence-electron chi connectivity index (χ2n) is 5.19. The molecule has 0 aliphatic carbocycles. The van der Waals surface area contributed by atoms with Crippen molar-refractivity contribution in [3.63, 3.8) is 0 Å². The third kappa shape index (κ3) is 2.96. The molecule has 0 amide bonds. The van der Waals surface area contributed by atoms with Gasteiger partial charge in [-0.1, -0.05) is 13.3 Å². The summed E-state index contributed by atoms with van der Waals surface area (Å²) in [7, 11) is 0. The van der Waals surface area contributed by atoms with Crippen LogP contribution in [0.3, 0.4) is 0 Å². The Morgan fingerprint density at radius 3 is 2.64 bits per heavy atom. The highest BCUT2D eigenvalue weighted by atomic mass is 16.3. The first kappa shape index (κ1) is 12.0. The van der Waals surface area contributed by atoms with E-state index in [-0.39, 0.29) is 0 Å². The van der Waals surface area contributed by atoms with Gasteiger partial charge in [-0.15, -0.1) is 0 Å². The van der Waals surface area contributed by atoms with Crippen molar-refractivity contribution in [3.8, 4) is 0 Å². The molecule has 2 nitrogen and oxygen atoms in total. The van der Waals surface area contributed by atoms with E-state index in [0.29, 0.717) is 18.1 Å². The van der Waals surface area contributed by atoms with Crippen LogP contribution in [0.2, 0.25) is 0 Å². The van der Waals surface area contributed by atoms with Crippen molar-refractivity contribution in [2.75, 3.05) is 19.7 Å². The highest BCUT2D eigenvalue weighted by Gasteiger charge is 2.33. The summed E-state index contributed by atoms with van der Waals surface area (Å²) in [5, 5.41) is 9.17. The van der Waals surface area contributed by atoms with Gasteiger partial charge in [0.1, 0.15) is 0 Å². The number of hydrogen-bond acceptors (Lipinski definition) is 2. The Hall–Kier alpha value is -0.0800. The van der Waals surface area contributed by atoms with Gasteiger partial charge in [-0.3, -0.25) is 4.90 Å². The lowest BCUT2D eigenvalue weighted by molar-refractivity contribution is 0.0268. The van der Waals surface area contributed by atoms with Crippen molar-refractivity contribution >= 4 is 0 Å². The van der Waals surface area contributed by atoms with Gasteiger partial charge in [-0.25, -0.2) is 0 Å². The van der Waals surface area contributed by atoms with Gasteiger partial charge < -0.3 is 5.11 Å². The summed E-state index contributed by atoms with van der Waals surface area (Å²) in [6.45, 7) is 9.62. The first-order chi connectivity index (χ1) is 6.60. The first-order valence-corrected chi connectivity index (χ1v) is 5.96. The zero-order valence-corrected chi connectivity index (χ0v) is 9.92. The third-order valence-corrected chi connectivity index (χ3v) is 3.49. The molecule has 84 valence electrons. The predicted octanol–water partition coefficient (Wildman–Crippen LogP) is 2.27. The molecule has 1 saturated heterocycles. The van der Waals surface area contributed by atoms with Crippen LogP contribution in [-0.4, -0.2) is 35.2 Å². The Balaban J connectivity index is 2.45. The van der Waals surface area contributed by atoms with Crippen LogP contribution >= 0.6 is 0 Å². The number of unbranched alkanes of at least 4 members (excludes halogenated alkanes) is 1. The molecule has 2 heteroatoms. The molecule has 0 aromatic carbocycles. The summed E-state index contributed by atoms with van der Waals surface area (Å²) in [5.41, 5.74) is 0.292. The molecule has 1 rings (SSSR count). The zero-order valence-electron chi connectivity index (χ0n) is 9.92. The quantitative estimate of drug-likeness (QED) is 0.751. The maximum absolute atomic E-state index is 9.17. The molecule has 0 spiro atoms. The van der Waals surface area contributed by atoms with E-state index in [1.54, 1.807) is 0 Å². The highest BCUT2D eigenvalue weighted by molar-refractivity contribution is 4.88. The molecule has 1 unspecified atom stereocenters. The zero-order chi connectivity index (χ0) is 10.6. The lowest BCUT2D eigenvalue weighted by Crippen LogP contribution is -2.50. The van der Waals surface area contributed by atoms with E-state index < -0.39 is 0 Å². The van der Waals surface area contributed by atoms with Gasteiger partial charge in [0.15, 0.2) is 0 Å². The van der Waals surface area contributed by atoms with E-state index in [1.165, 1.54) is 25.8 Å². The van der Waals surface area contributed by atoms with Gasteiger partial charge in [-0.05, 0) is 52.1 Å². The molecule has 0 saturated carbocycles. The number of likely N-dealkylation sites (tertiary alicyclic amines) is 1. The summed E-state index contributed by atoms with van der Waals surface area (Å²) in [6, 6.07) is 0. The van der Waals surface area contributed by atoms with Crippen LogP contribution in [0.5, 0.6) is 0 Å². The lowest BCUT2D eigenvalue weighted by atomic mass is 9.83. The van der Waals surface area contributed by atoms with Gasteiger partial charge in [0.2, 0.25) is 0 Å². The van der Waals surface area contributed by atoms with Gasteiger partial charge in [0, 0.05) is 12.1 Å². The normalized spacial score (nSPS) is 27.9. The molecule has 14 heavy (non-hydrogen) atoms. The molecule has 0 radical (unpaired) electrons. The Morgan fingerprint density at radius 1 is 1.43 bits per heavy atom. The number of nitrogens with zero attached hydrogens (tertiary/aromatic N) is 1. The van der Waals surface area contributed by atoms with Crippen molar-refractivity contribution in [3.05, 3.63) is 0 Å². The molecule has 0 aromatic heterocycles. The predicted molar refractivity (Wildman–Crippen MR) is 60.4 cm³/mol. The molecule has 0 bridgehead atoms. The van der Waals surface area contributed by atoms with Crippen LogP contribution in [-0.2, 0) is 0 Å². The summed E-state index contributed by atoms with van der Waals surface area (Å²) in [4.78, 5) is 2.59. The third-order valence-electron chi connectivity index (χ3n) is 3.49. The monoisotopic (exact) mass is 199 g/mol. The molecule has 1 fully saturated rings. The SMILES string of the molecule is CCCCN1CCC(CO)CC1(C)C. The Kier molecular flexibility index (Phi) is 4.39. The second-order valence-corrected chi connectivity index (χ2v) is 5.19. The summed E-state index contributed by atoms with van der Waals surface area (Å²) in [5.74, 6) is 0.530.